The Morgan fingerprint density at radius 1 is 1.40 bits per heavy atom. The van der Waals surface area contributed by atoms with Crippen LogP contribution < -0.4 is 11.1 Å². The minimum absolute atomic E-state index is 0.00722. The second-order valence-corrected chi connectivity index (χ2v) is 4.77. The first-order chi connectivity index (χ1) is 9.47. The lowest BCUT2D eigenvalue weighted by Gasteiger charge is -2.15. The van der Waals surface area contributed by atoms with Crippen molar-refractivity contribution in [1.29, 1.82) is 0 Å². The first-order valence-corrected chi connectivity index (χ1v) is 6.32. The number of amides is 1. The van der Waals surface area contributed by atoms with E-state index in [2.05, 4.69) is 10.3 Å². The van der Waals surface area contributed by atoms with Crippen molar-refractivity contribution < 1.29 is 9.18 Å². The maximum Gasteiger partial charge on any atom is 0.255 e. The van der Waals surface area contributed by atoms with Crippen molar-refractivity contribution in [3.63, 3.8) is 0 Å². The lowest BCUT2D eigenvalue weighted by atomic mass is 10.1. The van der Waals surface area contributed by atoms with Gasteiger partial charge in [-0.2, -0.15) is 0 Å². The molecule has 1 aromatic heterocycles. The summed E-state index contributed by atoms with van der Waals surface area (Å²) in [7, 11) is 0. The van der Waals surface area contributed by atoms with Crippen molar-refractivity contribution in [1.82, 2.24) is 10.3 Å². The van der Waals surface area contributed by atoms with Gasteiger partial charge in [0.25, 0.3) is 5.91 Å². The van der Waals surface area contributed by atoms with E-state index < -0.39 is 11.7 Å². The normalized spacial score (nSPS) is 11.9. The Kier molecular flexibility index (Phi) is 4.20. The molecule has 3 N–H and O–H groups in total. The summed E-state index contributed by atoms with van der Waals surface area (Å²) in [6.07, 6.45) is 0.967. The molecule has 2 aromatic rings. The number of carbonyl (C=O) groups is 1. The highest BCUT2D eigenvalue weighted by molar-refractivity contribution is 6.30. The Morgan fingerprint density at radius 2 is 2.05 bits per heavy atom. The van der Waals surface area contributed by atoms with E-state index in [0.29, 0.717) is 5.02 Å². The summed E-state index contributed by atoms with van der Waals surface area (Å²) in [6, 6.07) is 7.88. The van der Waals surface area contributed by atoms with Crippen molar-refractivity contribution in [3.8, 4) is 0 Å². The van der Waals surface area contributed by atoms with Gasteiger partial charge >= 0.3 is 0 Å². The van der Waals surface area contributed by atoms with Crippen LogP contribution in [0.2, 0.25) is 5.02 Å². The molecule has 104 valence electrons. The molecule has 0 radical (unpaired) electrons. The number of anilines is 1. The third-order valence-electron chi connectivity index (χ3n) is 2.85. The van der Waals surface area contributed by atoms with Crippen LogP contribution in [-0.4, -0.2) is 10.9 Å². The second kappa shape index (κ2) is 5.88. The van der Waals surface area contributed by atoms with Gasteiger partial charge in [0.2, 0.25) is 0 Å². The SMILES string of the molecule is CC(NC(=O)c1cc(F)cnc1N)c1ccc(Cl)cc1. The molecule has 1 atom stereocenters. The van der Waals surface area contributed by atoms with Crippen LogP contribution >= 0.6 is 11.6 Å². The molecule has 0 aliphatic carbocycles. The number of hydrogen-bond acceptors (Lipinski definition) is 3. The summed E-state index contributed by atoms with van der Waals surface area (Å²) in [5, 5.41) is 3.35. The standard InChI is InChI=1S/C14H13ClFN3O/c1-8(9-2-4-10(15)5-3-9)19-14(20)12-6-11(16)7-18-13(12)17/h2-8H,1H3,(H2,17,18)(H,19,20). The molecule has 2 rings (SSSR count). The number of hydrogen-bond donors (Lipinski definition) is 2. The highest BCUT2D eigenvalue weighted by Crippen LogP contribution is 2.17. The molecule has 0 saturated carbocycles. The third kappa shape index (κ3) is 3.24. The average Bonchev–Trinajstić information content (AvgIpc) is 2.42. The summed E-state index contributed by atoms with van der Waals surface area (Å²) in [6.45, 7) is 1.81. The Labute approximate surface area is 120 Å². The van der Waals surface area contributed by atoms with Crippen LogP contribution in [0.1, 0.15) is 28.9 Å². The van der Waals surface area contributed by atoms with Gasteiger partial charge in [0, 0.05) is 5.02 Å². The number of benzene rings is 1. The first kappa shape index (κ1) is 14.3. The van der Waals surface area contributed by atoms with Crippen LogP contribution in [0.3, 0.4) is 0 Å². The molecule has 6 heteroatoms. The number of carbonyl (C=O) groups excluding carboxylic acids is 1. The maximum atomic E-state index is 13.1. The number of aromatic nitrogens is 1. The molecular weight excluding hydrogens is 281 g/mol. The number of nitrogens with two attached hydrogens (primary N) is 1. The molecule has 1 amide bonds. The van der Waals surface area contributed by atoms with E-state index in [0.717, 1.165) is 17.8 Å². The van der Waals surface area contributed by atoms with Gasteiger partial charge in [-0.1, -0.05) is 23.7 Å². The topological polar surface area (TPSA) is 68.0 Å². The highest BCUT2D eigenvalue weighted by Gasteiger charge is 2.15. The summed E-state index contributed by atoms with van der Waals surface area (Å²) in [4.78, 5) is 15.7. The quantitative estimate of drug-likeness (QED) is 0.914. The molecule has 0 aliphatic heterocycles. The number of nitrogens with zero attached hydrogens (tertiary/aromatic N) is 1. The number of nitrogen functional groups attached to an aromatic ring is 1. The molecule has 20 heavy (non-hydrogen) atoms. The van der Waals surface area contributed by atoms with E-state index in [1.54, 1.807) is 24.3 Å². The van der Waals surface area contributed by atoms with E-state index in [1.165, 1.54) is 0 Å². The van der Waals surface area contributed by atoms with Crippen molar-refractivity contribution in [3.05, 3.63) is 58.5 Å². The summed E-state index contributed by atoms with van der Waals surface area (Å²) >= 11 is 5.80. The van der Waals surface area contributed by atoms with E-state index in [-0.39, 0.29) is 17.4 Å². The first-order valence-electron chi connectivity index (χ1n) is 5.94. The largest absolute Gasteiger partial charge is 0.383 e. The minimum atomic E-state index is -0.608. The lowest BCUT2D eigenvalue weighted by Crippen LogP contribution is -2.27. The highest BCUT2D eigenvalue weighted by atomic mass is 35.5. The van der Waals surface area contributed by atoms with Crippen LogP contribution in [0.4, 0.5) is 10.2 Å². The fraction of sp³-hybridized carbons (Fsp3) is 0.143. The predicted molar refractivity (Wildman–Crippen MR) is 75.9 cm³/mol. The third-order valence-corrected chi connectivity index (χ3v) is 3.10. The number of halogens is 2. The molecule has 0 saturated heterocycles. The Bertz CT molecular complexity index is 631. The Balaban J connectivity index is 2.15. The number of rotatable bonds is 3. The van der Waals surface area contributed by atoms with Crippen LogP contribution in [0.5, 0.6) is 0 Å². The molecule has 1 heterocycles. The number of pyridine rings is 1. The monoisotopic (exact) mass is 293 g/mol. The molecule has 1 unspecified atom stereocenters. The molecule has 0 bridgehead atoms. The zero-order valence-electron chi connectivity index (χ0n) is 10.7. The fourth-order valence-corrected chi connectivity index (χ4v) is 1.87. The smallest absolute Gasteiger partial charge is 0.255 e. The van der Waals surface area contributed by atoms with Gasteiger partial charge in [-0.3, -0.25) is 4.79 Å². The molecule has 0 fully saturated rings. The van der Waals surface area contributed by atoms with Gasteiger partial charge in [0.15, 0.2) is 0 Å². The minimum Gasteiger partial charge on any atom is -0.383 e. The molecule has 0 aliphatic rings. The van der Waals surface area contributed by atoms with Gasteiger partial charge < -0.3 is 11.1 Å². The van der Waals surface area contributed by atoms with Crippen LogP contribution in [0.15, 0.2) is 36.5 Å². The fourth-order valence-electron chi connectivity index (χ4n) is 1.74. The van der Waals surface area contributed by atoms with Crippen molar-refractivity contribution in [2.24, 2.45) is 0 Å². The summed E-state index contributed by atoms with van der Waals surface area (Å²) in [5.41, 5.74) is 6.47. The van der Waals surface area contributed by atoms with Gasteiger partial charge in [-0.15, -0.1) is 0 Å². The summed E-state index contributed by atoms with van der Waals surface area (Å²) in [5.74, 6) is -1.09. The lowest BCUT2D eigenvalue weighted by molar-refractivity contribution is 0.0940. The van der Waals surface area contributed by atoms with E-state index in [4.69, 9.17) is 17.3 Å². The van der Waals surface area contributed by atoms with E-state index >= 15 is 0 Å². The van der Waals surface area contributed by atoms with Crippen LogP contribution in [-0.2, 0) is 0 Å². The predicted octanol–water partition coefficient (Wildman–Crippen LogP) is 2.95. The van der Waals surface area contributed by atoms with Crippen molar-refractivity contribution in [2.45, 2.75) is 13.0 Å². The number of nitrogens with one attached hydrogen (secondary N) is 1. The zero-order chi connectivity index (χ0) is 14.7. The van der Waals surface area contributed by atoms with Crippen molar-refractivity contribution in [2.75, 3.05) is 5.73 Å². The van der Waals surface area contributed by atoms with Gasteiger partial charge in [-0.05, 0) is 30.7 Å². The van der Waals surface area contributed by atoms with Crippen molar-refractivity contribution >= 4 is 23.3 Å². The molecule has 1 aromatic carbocycles. The van der Waals surface area contributed by atoms with Gasteiger partial charge in [0.05, 0.1) is 17.8 Å². The van der Waals surface area contributed by atoms with E-state index in [9.17, 15) is 9.18 Å². The van der Waals surface area contributed by atoms with E-state index in [1.807, 2.05) is 6.92 Å². The zero-order valence-corrected chi connectivity index (χ0v) is 11.5. The molecule has 0 spiro atoms. The Hall–Kier alpha value is -2.14. The van der Waals surface area contributed by atoms with Crippen LogP contribution in [0, 0.1) is 5.82 Å². The molecule has 4 nitrogen and oxygen atoms in total. The average molecular weight is 294 g/mol. The molecular formula is C14H13ClFN3O. The second-order valence-electron chi connectivity index (χ2n) is 4.33. The van der Waals surface area contributed by atoms with Gasteiger partial charge in [0.1, 0.15) is 11.6 Å². The summed E-state index contributed by atoms with van der Waals surface area (Å²) < 4.78 is 13.1. The van der Waals surface area contributed by atoms with Gasteiger partial charge in [-0.25, -0.2) is 9.37 Å². The van der Waals surface area contributed by atoms with Crippen LogP contribution in [0.25, 0.3) is 0 Å². The maximum absolute atomic E-state index is 13.1. The Morgan fingerprint density at radius 3 is 2.70 bits per heavy atom.